The third-order valence-corrected chi connectivity index (χ3v) is 6.13. The van der Waals surface area contributed by atoms with Crippen LogP contribution in [0.2, 0.25) is 0 Å². The minimum Gasteiger partial charge on any atom is -0.487 e. The first-order chi connectivity index (χ1) is 14.1. The van der Waals surface area contributed by atoms with Crippen LogP contribution in [0.25, 0.3) is 11.4 Å². The maximum atomic E-state index is 12.5. The minimum absolute atomic E-state index is 0.0381. The molecule has 30 heavy (non-hydrogen) atoms. The van der Waals surface area contributed by atoms with E-state index in [4.69, 9.17) is 14.5 Å². The van der Waals surface area contributed by atoms with Crippen molar-refractivity contribution in [3.8, 4) is 23.0 Å². The molecule has 1 saturated carbocycles. The van der Waals surface area contributed by atoms with Crippen LogP contribution in [0, 0.1) is 18.3 Å². The van der Waals surface area contributed by atoms with E-state index in [0.717, 1.165) is 11.1 Å². The number of nitrogens with zero attached hydrogens (tertiary/aromatic N) is 2. The Labute approximate surface area is 175 Å². The molecule has 0 aromatic carbocycles. The van der Waals surface area contributed by atoms with E-state index in [2.05, 4.69) is 20.8 Å². The summed E-state index contributed by atoms with van der Waals surface area (Å²) < 4.78 is 13.5. The van der Waals surface area contributed by atoms with Crippen molar-refractivity contribution >= 4 is 5.97 Å². The van der Waals surface area contributed by atoms with Crippen molar-refractivity contribution in [2.45, 2.75) is 53.0 Å². The average molecular weight is 412 g/mol. The molecule has 1 aliphatic heterocycles. The molecule has 7 nitrogen and oxygen atoms in total. The normalized spacial score (nSPS) is 17.8. The zero-order valence-corrected chi connectivity index (χ0v) is 18.1. The van der Waals surface area contributed by atoms with E-state index >= 15 is 0 Å². The fourth-order valence-corrected chi connectivity index (χ4v) is 4.12. The predicted molar refractivity (Wildman–Crippen MR) is 113 cm³/mol. The number of carbonyl (C=O) groups is 1. The van der Waals surface area contributed by atoms with E-state index in [-0.39, 0.29) is 17.0 Å². The average Bonchev–Trinajstić information content (AvgIpc) is 3.49. The summed E-state index contributed by atoms with van der Waals surface area (Å²) in [5.41, 5.74) is 2.32. The van der Waals surface area contributed by atoms with Crippen LogP contribution in [-0.2, 0) is 6.42 Å². The lowest BCUT2D eigenvalue weighted by Gasteiger charge is -2.39. The van der Waals surface area contributed by atoms with Crippen LogP contribution in [0.15, 0.2) is 17.1 Å². The Morgan fingerprint density at radius 2 is 2.03 bits per heavy atom. The summed E-state index contributed by atoms with van der Waals surface area (Å²) >= 11 is 0. The van der Waals surface area contributed by atoms with Crippen LogP contribution in [0.4, 0.5) is 0 Å². The van der Waals surface area contributed by atoms with Gasteiger partial charge in [-0.3, -0.25) is 4.79 Å². The van der Waals surface area contributed by atoms with Gasteiger partial charge in [0.25, 0.3) is 5.88 Å². The molecule has 0 saturated heterocycles. The summed E-state index contributed by atoms with van der Waals surface area (Å²) in [6, 6.07) is 1.35. The molecule has 0 radical (unpaired) electrons. The quantitative estimate of drug-likeness (QED) is 0.802. The second-order valence-electron chi connectivity index (χ2n) is 9.39. The molecule has 2 aliphatic rings. The molecule has 4 rings (SSSR count). The summed E-state index contributed by atoms with van der Waals surface area (Å²) in [6.45, 7) is 8.99. The first-order valence-electron chi connectivity index (χ1n) is 10.3. The zero-order chi connectivity index (χ0) is 21.8. The Balaban J connectivity index is 1.93. The van der Waals surface area contributed by atoms with Gasteiger partial charge in [0.15, 0.2) is 11.2 Å². The third-order valence-electron chi connectivity index (χ3n) is 6.13. The van der Waals surface area contributed by atoms with Crippen molar-refractivity contribution in [3.05, 3.63) is 39.2 Å². The van der Waals surface area contributed by atoms with Gasteiger partial charge in [0.2, 0.25) is 0 Å². The van der Waals surface area contributed by atoms with Crippen molar-refractivity contribution in [1.29, 1.82) is 0 Å². The van der Waals surface area contributed by atoms with Crippen LogP contribution in [0.5, 0.6) is 11.6 Å². The van der Waals surface area contributed by atoms with Gasteiger partial charge in [0.1, 0.15) is 5.56 Å². The van der Waals surface area contributed by atoms with Crippen molar-refractivity contribution in [2.24, 2.45) is 11.3 Å². The second-order valence-corrected chi connectivity index (χ2v) is 9.39. The Kier molecular flexibility index (Phi) is 4.87. The van der Waals surface area contributed by atoms with Crippen LogP contribution >= 0.6 is 0 Å². The SMILES string of the molecule is COc1nc2c(c(C)c1OCC1CC1)C[C@H](C(C)(C)C)n1cc(C(=O)O)c(=O)cc1-2. The topological polar surface area (TPSA) is 90.7 Å². The van der Waals surface area contributed by atoms with Crippen LogP contribution in [0.1, 0.15) is 61.1 Å². The molecule has 0 unspecified atom stereocenters. The lowest BCUT2D eigenvalue weighted by molar-refractivity contribution is 0.0693. The number of aromatic carboxylic acids is 1. The van der Waals surface area contributed by atoms with Crippen molar-refractivity contribution < 1.29 is 19.4 Å². The Hall–Kier alpha value is -2.83. The summed E-state index contributed by atoms with van der Waals surface area (Å²) in [4.78, 5) is 28.8. The number of hydrogen-bond donors (Lipinski definition) is 1. The van der Waals surface area contributed by atoms with Crippen LogP contribution < -0.4 is 14.9 Å². The maximum absolute atomic E-state index is 12.5. The number of carboxylic acid groups (broad SMARTS) is 1. The summed E-state index contributed by atoms with van der Waals surface area (Å²) in [5, 5.41) is 9.46. The number of ether oxygens (including phenoxy) is 2. The van der Waals surface area contributed by atoms with Gasteiger partial charge in [-0.05, 0) is 43.1 Å². The monoisotopic (exact) mass is 412 g/mol. The zero-order valence-electron chi connectivity index (χ0n) is 18.1. The molecular weight excluding hydrogens is 384 g/mol. The minimum atomic E-state index is -1.22. The fraction of sp³-hybridized carbons (Fsp3) is 0.522. The van der Waals surface area contributed by atoms with Crippen LogP contribution in [-0.4, -0.2) is 34.3 Å². The molecule has 160 valence electrons. The third kappa shape index (κ3) is 3.46. The first kappa shape index (κ1) is 20.4. The van der Waals surface area contributed by atoms with Gasteiger partial charge in [0.05, 0.1) is 25.1 Å². The predicted octanol–water partition coefficient (Wildman–Crippen LogP) is 3.86. The number of rotatable bonds is 5. The molecule has 1 N–H and O–H groups in total. The molecule has 2 aromatic rings. The highest BCUT2D eigenvalue weighted by atomic mass is 16.5. The second kappa shape index (κ2) is 7.15. The largest absolute Gasteiger partial charge is 0.487 e. The standard InChI is InChI=1S/C23H28N2O5/c1-12-14-8-18(23(2,3)4)25-10-15(22(27)28)17(26)9-16(25)19(14)24-21(29-5)20(12)30-11-13-6-7-13/h9-10,13,18H,6-8,11H2,1-5H3,(H,27,28)/t18-/m1/s1. The number of carboxylic acids is 1. The molecule has 0 spiro atoms. The molecule has 3 heterocycles. The number of aromatic nitrogens is 2. The van der Waals surface area contributed by atoms with Gasteiger partial charge in [-0.1, -0.05) is 20.8 Å². The number of pyridine rings is 2. The Bertz CT molecular complexity index is 1080. The molecule has 1 atom stereocenters. The van der Waals surface area contributed by atoms with Crippen LogP contribution in [0.3, 0.4) is 0 Å². The smallest absolute Gasteiger partial charge is 0.341 e. The number of methoxy groups -OCH3 is 1. The number of hydrogen-bond acceptors (Lipinski definition) is 5. The van der Waals surface area contributed by atoms with E-state index in [0.29, 0.717) is 42.0 Å². The Morgan fingerprint density at radius 3 is 2.60 bits per heavy atom. The molecule has 1 aliphatic carbocycles. The summed E-state index contributed by atoms with van der Waals surface area (Å²) in [7, 11) is 1.56. The van der Waals surface area contributed by atoms with Gasteiger partial charge in [-0.15, -0.1) is 0 Å². The van der Waals surface area contributed by atoms with Crippen molar-refractivity contribution in [2.75, 3.05) is 13.7 Å². The summed E-state index contributed by atoms with van der Waals surface area (Å²) in [6.07, 6.45) is 4.50. The van der Waals surface area contributed by atoms with E-state index in [9.17, 15) is 14.7 Å². The fourth-order valence-electron chi connectivity index (χ4n) is 4.12. The van der Waals surface area contributed by atoms with Crippen molar-refractivity contribution in [3.63, 3.8) is 0 Å². The van der Waals surface area contributed by atoms with Gasteiger partial charge in [-0.2, -0.15) is 0 Å². The van der Waals surface area contributed by atoms with Gasteiger partial charge in [0, 0.05) is 23.9 Å². The van der Waals surface area contributed by atoms with E-state index in [1.165, 1.54) is 25.1 Å². The van der Waals surface area contributed by atoms with Gasteiger partial charge < -0.3 is 19.1 Å². The van der Waals surface area contributed by atoms with Gasteiger partial charge >= 0.3 is 5.97 Å². The van der Waals surface area contributed by atoms with E-state index in [1.54, 1.807) is 7.11 Å². The molecular formula is C23H28N2O5. The highest BCUT2D eigenvalue weighted by molar-refractivity contribution is 5.87. The van der Waals surface area contributed by atoms with E-state index < -0.39 is 11.4 Å². The first-order valence-corrected chi connectivity index (χ1v) is 10.3. The molecule has 1 fully saturated rings. The molecule has 2 aromatic heterocycles. The highest BCUT2D eigenvalue weighted by Crippen LogP contribution is 2.46. The Morgan fingerprint density at radius 1 is 1.33 bits per heavy atom. The lowest BCUT2D eigenvalue weighted by atomic mass is 9.79. The van der Waals surface area contributed by atoms with Gasteiger partial charge in [-0.25, -0.2) is 9.78 Å². The summed E-state index contributed by atoms with van der Waals surface area (Å²) in [5.74, 6) is 0.427. The van der Waals surface area contributed by atoms with E-state index in [1.807, 2.05) is 11.5 Å². The number of fused-ring (bicyclic) bond motifs is 3. The van der Waals surface area contributed by atoms with Crippen molar-refractivity contribution in [1.82, 2.24) is 9.55 Å². The molecule has 0 bridgehead atoms. The molecule has 7 heteroatoms. The maximum Gasteiger partial charge on any atom is 0.341 e. The molecule has 0 amide bonds. The lowest BCUT2D eigenvalue weighted by Crippen LogP contribution is -2.33. The highest BCUT2D eigenvalue weighted by Gasteiger charge is 2.36.